The molecule has 1 fully saturated rings. The van der Waals surface area contributed by atoms with Crippen LogP contribution < -0.4 is 11.1 Å². The second-order valence-electron chi connectivity index (χ2n) is 7.58. The lowest BCUT2D eigenvalue weighted by Gasteiger charge is -2.49. The largest absolute Gasteiger partial charge is 0.477 e. The number of tetrazole rings is 1. The lowest BCUT2D eigenvalue weighted by molar-refractivity contribution is -0.150. The van der Waals surface area contributed by atoms with Crippen LogP contribution in [0.25, 0.3) is 0 Å². The molecule has 0 saturated carbocycles. The summed E-state index contributed by atoms with van der Waals surface area (Å²) in [6.45, 7) is 2.45. The molecule has 0 aromatic carbocycles. The number of nitrogens with two attached hydrogens (primary N) is 1. The molecule has 2 aromatic heterocycles. The maximum Gasteiger partial charge on any atom is 0.352 e. The second-order valence-corrected chi connectivity index (χ2v) is 10.5. The number of carbonyl (C=O) groups excluding carboxylic acids is 2. The number of aryl methyl sites for hydroxylation is 1. The Morgan fingerprint density at radius 3 is 2.97 bits per heavy atom. The van der Waals surface area contributed by atoms with Gasteiger partial charge in [-0.05, 0) is 22.4 Å². The predicted octanol–water partition coefficient (Wildman–Crippen LogP) is 0.00660. The number of amides is 2. The minimum atomic E-state index is -1.23. The Hall–Kier alpha value is -3.62. The summed E-state index contributed by atoms with van der Waals surface area (Å²) in [6, 6.07) is -0.966. The number of terminal acetylenes is 1. The van der Waals surface area contributed by atoms with Crippen LogP contribution in [0.15, 0.2) is 27.0 Å². The Kier molecular flexibility index (Phi) is 8.31. The molecule has 1 unspecified atom stereocenters. The Bertz CT molecular complexity index is 1310. The SMILES string of the molecule is C#CCON=C(C(=O)NC1C(=O)N2C(C(=O)O)=C(CSc3nnnn3CCC)CS[C@H]12)c1csc(N)n1. The summed E-state index contributed by atoms with van der Waals surface area (Å²) in [5, 5.41) is 29.5. The summed E-state index contributed by atoms with van der Waals surface area (Å²) in [5.74, 6) is 0.361. The molecular formula is C20H21N9O5S3. The molecule has 4 N–H and O–H groups in total. The maximum atomic E-state index is 13.0. The van der Waals surface area contributed by atoms with Gasteiger partial charge in [0.2, 0.25) is 5.16 Å². The van der Waals surface area contributed by atoms with Crippen molar-refractivity contribution >= 4 is 63.5 Å². The fourth-order valence-corrected chi connectivity index (χ4v) is 6.48. The molecule has 4 heterocycles. The first-order chi connectivity index (χ1) is 17.8. The summed E-state index contributed by atoms with van der Waals surface area (Å²) in [6.07, 6.45) is 6.00. The monoisotopic (exact) mass is 563 g/mol. The van der Waals surface area contributed by atoms with E-state index in [0.717, 1.165) is 17.8 Å². The second kappa shape index (κ2) is 11.6. The van der Waals surface area contributed by atoms with Crippen LogP contribution in [-0.4, -0.2) is 88.2 Å². The van der Waals surface area contributed by atoms with Crippen molar-refractivity contribution in [2.45, 2.75) is 36.5 Å². The van der Waals surface area contributed by atoms with Gasteiger partial charge in [-0.3, -0.25) is 14.5 Å². The molecule has 17 heteroatoms. The number of thiazole rings is 1. The van der Waals surface area contributed by atoms with E-state index in [1.807, 2.05) is 6.92 Å². The number of nitrogens with zero attached hydrogens (tertiary/aromatic N) is 7. The van der Waals surface area contributed by atoms with Gasteiger partial charge in [-0.15, -0.1) is 34.6 Å². The highest BCUT2D eigenvalue weighted by atomic mass is 32.2. The number of anilines is 1. The fraction of sp³-hybridized carbons (Fsp3) is 0.400. The standard InChI is InChI=1S/C20H21N9O5S3/c1-3-5-28-20(24-26-27-28)37-8-10-7-35-17-13(16(31)29(17)14(10)18(32)33)23-15(30)12(25-34-6-4-2)11-9-36-19(21)22-11/h2,9,13,17H,3,5-8H2,1H3,(H2,21,22)(H,23,30)(H,32,33)/t13?,17-/m1/s1. The van der Waals surface area contributed by atoms with Gasteiger partial charge in [0.25, 0.3) is 11.8 Å². The van der Waals surface area contributed by atoms with Crippen LogP contribution >= 0.6 is 34.9 Å². The third-order valence-corrected chi connectivity index (χ3v) is 8.19. The molecular weight excluding hydrogens is 542 g/mol. The summed E-state index contributed by atoms with van der Waals surface area (Å²) < 4.78 is 1.65. The number of nitrogens with one attached hydrogen (secondary N) is 1. The van der Waals surface area contributed by atoms with Gasteiger partial charge in [-0.1, -0.05) is 29.8 Å². The molecule has 2 aliphatic heterocycles. The van der Waals surface area contributed by atoms with E-state index in [0.29, 0.717) is 28.8 Å². The molecule has 0 spiro atoms. The van der Waals surface area contributed by atoms with Crippen LogP contribution in [-0.2, 0) is 25.8 Å². The van der Waals surface area contributed by atoms with Gasteiger partial charge in [-0.2, -0.15) is 0 Å². The Morgan fingerprint density at radius 1 is 1.49 bits per heavy atom. The zero-order valence-electron chi connectivity index (χ0n) is 19.4. The number of carboxylic acids is 1. The van der Waals surface area contributed by atoms with Gasteiger partial charge < -0.3 is 21.0 Å². The van der Waals surface area contributed by atoms with E-state index >= 15 is 0 Å². The third kappa shape index (κ3) is 5.55. The lowest BCUT2D eigenvalue weighted by atomic mass is 10.0. The molecule has 2 atom stereocenters. The smallest absolute Gasteiger partial charge is 0.352 e. The molecule has 194 valence electrons. The number of carboxylic acid groups (broad SMARTS) is 1. The van der Waals surface area contributed by atoms with Gasteiger partial charge in [0.05, 0.1) is 0 Å². The highest BCUT2D eigenvalue weighted by molar-refractivity contribution is 8.01. The van der Waals surface area contributed by atoms with Crippen LogP contribution in [0.4, 0.5) is 5.13 Å². The van der Waals surface area contributed by atoms with E-state index in [2.05, 4.69) is 36.9 Å². The van der Waals surface area contributed by atoms with E-state index in [1.165, 1.54) is 33.8 Å². The number of carbonyl (C=O) groups is 3. The van der Waals surface area contributed by atoms with Gasteiger partial charge in [0.15, 0.2) is 17.5 Å². The fourth-order valence-electron chi connectivity index (χ4n) is 3.54. The molecule has 1 saturated heterocycles. The summed E-state index contributed by atoms with van der Waals surface area (Å²) in [4.78, 5) is 48.3. The summed E-state index contributed by atoms with van der Waals surface area (Å²) in [7, 11) is 0. The molecule has 0 bridgehead atoms. The Balaban J connectivity index is 1.48. The average Bonchev–Trinajstić information content (AvgIpc) is 3.51. The van der Waals surface area contributed by atoms with Crippen molar-refractivity contribution < 1.29 is 24.3 Å². The van der Waals surface area contributed by atoms with Crippen LogP contribution in [0, 0.1) is 12.3 Å². The van der Waals surface area contributed by atoms with Crippen molar-refractivity contribution in [2.24, 2.45) is 5.16 Å². The first kappa shape index (κ1) is 26.4. The summed E-state index contributed by atoms with van der Waals surface area (Å²) in [5.41, 5.74) is 6.08. The Morgan fingerprint density at radius 2 is 2.30 bits per heavy atom. The first-order valence-electron chi connectivity index (χ1n) is 10.8. The molecule has 4 rings (SSSR count). The number of rotatable bonds is 11. The van der Waals surface area contributed by atoms with E-state index in [-0.39, 0.29) is 28.8 Å². The molecule has 2 amide bonds. The third-order valence-electron chi connectivity index (χ3n) is 5.13. The van der Waals surface area contributed by atoms with E-state index in [1.54, 1.807) is 4.68 Å². The van der Waals surface area contributed by atoms with Crippen molar-refractivity contribution in [3.05, 3.63) is 22.3 Å². The quantitative estimate of drug-likeness (QED) is 0.0830. The number of β-lactam (4-membered cyclic amide) rings is 1. The highest BCUT2D eigenvalue weighted by Crippen LogP contribution is 2.41. The van der Waals surface area contributed by atoms with Crippen molar-refractivity contribution in [1.29, 1.82) is 0 Å². The van der Waals surface area contributed by atoms with Gasteiger partial charge >= 0.3 is 5.97 Å². The highest BCUT2D eigenvalue weighted by Gasteiger charge is 2.54. The molecule has 2 aliphatic rings. The van der Waals surface area contributed by atoms with Gasteiger partial charge in [0, 0.05) is 23.4 Å². The molecule has 0 aliphatic carbocycles. The van der Waals surface area contributed by atoms with Crippen molar-refractivity contribution in [1.82, 2.24) is 35.4 Å². The minimum Gasteiger partial charge on any atom is -0.477 e. The molecule has 14 nitrogen and oxygen atoms in total. The van der Waals surface area contributed by atoms with E-state index in [4.69, 9.17) is 17.0 Å². The van der Waals surface area contributed by atoms with Crippen molar-refractivity contribution in [3.8, 4) is 12.3 Å². The van der Waals surface area contributed by atoms with E-state index in [9.17, 15) is 19.5 Å². The number of hydrogen-bond donors (Lipinski definition) is 3. The van der Waals surface area contributed by atoms with Crippen molar-refractivity contribution in [2.75, 3.05) is 23.8 Å². The number of aliphatic carboxylic acids is 1. The summed E-state index contributed by atoms with van der Waals surface area (Å²) >= 11 is 3.75. The predicted molar refractivity (Wildman–Crippen MR) is 136 cm³/mol. The van der Waals surface area contributed by atoms with Gasteiger partial charge in [0.1, 0.15) is 22.8 Å². The molecule has 2 aromatic rings. The number of thioether (sulfide) groups is 2. The number of fused-ring (bicyclic) bond motifs is 1. The zero-order chi connectivity index (χ0) is 26.5. The molecule has 0 radical (unpaired) electrons. The first-order valence-corrected chi connectivity index (χ1v) is 13.7. The maximum absolute atomic E-state index is 13.0. The van der Waals surface area contributed by atoms with Crippen LogP contribution in [0.5, 0.6) is 0 Å². The number of nitrogen functional groups attached to an aromatic ring is 1. The number of oxime groups is 1. The normalized spacial score (nSPS) is 19.2. The zero-order valence-corrected chi connectivity index (χ0v) is 21.8. The Labute approximate surface area is 223 Å². The van der Waals surface area contributed by atoms with E-state index < -0.39 is 29.2 Å². The number of hydrogen-bond acceptors (Lipinski definition) is 13. The van der Waals surface area contributed by atoms with Gasteiger partial charge in [-0.25, -0.2) is 14.5 Å². The van der Waals surface area contributed by atoms with Crippen LogP contribution in [0.3, 0.4) is 0 Å². The van der Waals surface area contributed by atoms with Crippen LogP contribution in [0.1, 0.15) is 19.0 Å². The number of aromatic nitrogens is 5. The average molecular weight is 564 g/mol. The topological polar surface area (TPSA) is 191 Å². The van der Waals surface area contributed by atoms with Crippen molar-refractivity contribution in [3.63, 3.8) is 0 Å². The molecule has 37 heavy (non-hydrogen) atoms. The van der Waals surface area contributed by atoms with Crippen LogP contribution in [0.2, 0.25) is 0 Å². The minimum absolute atomic E-state index is 0.0974. The lowest BCUT2D eigenvalue weighted by Crippen LogP contribution is -2.71.